The van der Waals surface area contributed by atoms with Gasteiger partial charge < -0.3 is 30.7 Å². The first-order chi connectivity index (χ1) is 26.3. The number of hydrogen-bond acceptors (Lipinski definition) is 13. The number of aliphatic hydroxyl groups excluding tert-OH is 1. The van der Waals surface area contributed by atoms with Gasteiger partial charge in [-0.1, -0.05) is 41.1 Å². The Bertz CT molecular complexity index is 1960. The van der Waals surface area contributed by atoms with Gasteiger partial charge in [-0.3, -0.25) is 19.8 Å². The highest BCUT2D eigenvalue weighted by Crippen LogP contribution is 2.40. The van der Waals surface area contributed by atoms with E-state index >= 15 is 0 Å². The number of piperidine rings is 1. The number of carbonyl (C=O) groups is 2. The molecule has 2 saturated heterocycles. The lowest BCUT2D eigenvalue weighted by atomic mass is 9.87. The average molecular weight is 802 g/mol. The molecule has 2 aliphatic heterocycles. The van der Waals surface area contributed by atoms with Crippen molar-refractivity contribution in [2.75, 3.05) is 68.0 Å². The second-order valence-electron chi connectivity index (χ2n) is 13.4. The number of alkyl halides is 3. The molecule has 5 N–H and O–H groups in total. The van der Waals surface area contributed by atoms with Gasteiger partial charge in [-0.25, -0.2) is 15.0 Å². The van der Waals surface area contributed by atoms with E-state index in [-0.39, 0.29) is 30.8 Å². The summed E-state index contributed by atoms with van der Waals surface area (Å²) in [5, 5.41) is 23.6. The number of hydrogen-bond donors (Lipinski definition) is 5. The van der Waals surface area contributed by atoms with Crippen molar-refractivity contribution in [2.45, 2.75) is 51.4 Å². The van der Waals surface area contributed by atoms with E-state index in [0.717, 1.165) is 63.1 Å². The molecule has 55 heavy (non-hydrogen) atoms. The van der Waals surface area contributed by atoms with Gasteiger partial charge in [0.05, 0.1) is 27.1 Å². The molecule has 13 nitrogen and oxygen atoms in total. The number of piperazine rings is 1. The summed E-state index contributed by atoms with van der Waals surface area (Å²) >= 11 is 7.62. The zero-order valence-corrected chi connectivity index (χ0v) is 32.0. The first-order valence-corrected chi connectivity index (χ1v) is 19.2. The van der Waals surface area contributed by atoms with Crippen LogP contribution in [-0.2, 0) is 15.8 Å². The van der Waals surface area contributed by atoms with Crippen molar-refractivity contribution >= 4 is 57.2 Å². The fraction of sp³-hybridized carbons (Fsp3) is 0.432. The van der Waals surface area contributed by atoms with Crippen LogP contribution >= 0.6 is 22.9 Å². The molecule has 2 aliphatic rings. The number of benzene rings is 2. The molecule has 2 aromatic heterocycles. The van der Waals surface area contributed by atoms with E-state index in [4.69, 9.17) is 16.3 Å². The molecular formula is C37H43ClF3N9O4S. The van der Waals surface area contributed by atoms with Crippen LogP contribution in [0.4, 0.5) is 35.6 Å². The van der Waals surface area contributed by atoms with E-state index < -0.39 is 35.7 Å². The average Bonchev–Trinajstić information content (AvgIpc) is 3.61. The number of thiazole rings is 1. The fourth-order valence-electron chi connectivity index (χ4n) is 6.54. The zero-order valence-electron chi connectivity index (χ0n) is 30.4. The van der Waals surface area contributed by atoms with Gasteiger partial charge in [-0.15, -0.1) is 0 Å². The van der Waals surface area contributed by atoms with Gasteiger partial charge >= 0.3 is 6.18 Å². The molecule has 0 spiro atoms. The molecule has 2 aromatic carbocycles. The lowest BCUT2D eigenvalue weighted by Gasteiger charge is -2.35. The van der Waals surface area contributed by atoms with Gasteiger partial charge in [0, 0.05) is 51.4 Å². The molecule has 2 atom stereocenters. The SMILES string of the molecule is Cc1nc(Nc2ncc(C(O)Nc3c(C)cccc3Cl)s2)cc(N2CCN(CCCNCCOc3ccc(C4CCC(=O)NC4=O)c(C(F)(F)F)c3)CC2)n1. The summed E-state index contributed by atoms with van der Waals surface area (Å²) in [4.78, 5) is 42.5. The van der Waals surface area contributed by atoms with Crippen LogP contribution in [-0.4, -0.2) is 89.2 Å². The fourth-order valence-corrected chi connectivity index (χ4v) is 7.58. The Balaban J connectivity index is 0.906. The van der Waals surface area contributed by atoms with E-state index in [1.54, 1.807) is 12.3 Å². The normalized spacial score (nSPS) is 17.2. The molecule has 18 heteroatoms. The monoisotopic (exact) mass is 801 g/mol. The van der Waals surface area contributed by atoms with Gasteiger partial charge in [-0.2, -0.15) is 13.2 Å². The predicted octanol–water partition coefficient (Wildman–Crippen LogP) is 5.77. The number of ether oxygens (including phenoxy) is 1. The van der Waals surface area contributed by atoms with Gasteiger partial charge in [0.25, 0.3) is 0 Å². The first kappa shape index (κ1) is 40.1. The molecule has 4 heterocycles. The maximum Gasteiger partial charge on any atom is 0.416 e. The minimum absolute atomic E-state index is 0.00832. The molecule has 2 amide bonds. The Morgan fingerprint density at radius 2 is 1.89 bits per heavy atom. The van der Waals surface area contributed by atoms with Crippen molar-refractivity contribution in [3.8, 4) is 5.75 Å². The van der Waals surface area contributed by atoms with Crippen molar-refractivity contribution in [3.63, 3.8) is 0 Å². The summed E-state index contributed by atoms with van der Waals surface area (Å²) in [5.74, 6) is -0.133. The van der Waals surface area contributed by atoms with Crippen molar-refractivity contribution < 1.29 is 32.6 Å². The second kappa shape index (κ2) is 17.9. The van der Waals surface area contributed by atoms with E-state index in [2.05, 4.69) is 46.0 Å². The molecule has 0 saturated carbocycles. The second-order valence-corrected chi connectivity index (χ2v) is 14.8. The van der Waals surface area contributed by atoms with E-state index in [1.165, 1.54) is 23.5 Å². The van der Waals surface area contributed by atoms with Crippen LogP contribution in [0.25, 0.3) is 0 Å². The number of para-hydroxylation sites is 1. The summed E-state index contributed by atoms with van der Waals surface area (Å²) in [6.07, 6.45) is -3.15. The number of amides is 2. The van der Waals surface area contributed by atoms with Gasteiger partial charge in [-0.05, 0) is 69.1 Å². The number of aliphatic hydroxyl groups is 1. The Morgan fingerprint density at radius 3 is 2.64 bits per heavy atom. The van der Waals surface area contributed by atoms with Gasteiger partial charge in [0.2, 0.25) is 11.8 Å². The van der Waals surface area contributed by atoms with E-state index in [1.807, 2.05) is 32.0 Å². The number of nitrogens with one attached hydrogen (secondary N) is 4. The number of nitrogens with zero attached hydrogens (tertiary/aromatic N) is 5. The highest BCUT2D eigenvalue weighted by Gasteiger charge is 2.39. The minimum Gasteiger partial charge on any atom is -0.492 e. The van der Waals surface area contributed by atoms with Crippen molar-refractivity contribution in [2.24, 2.45) is 0 Å². The summed E-state index contributed by atoms with van der Waals surface area (Å²) in [6, 6.07) is 11.0. The Kier molecular flexibility index (Phi) is 13.1. The summed E-state index contributed by atoms with van der Waals surface area (Å²) in [7, 11) is 0. The maximum absolute atomic E-state index is 13.9. The number of anilines is 4. The molecular weight excluding hydrogens is 759 g/mol. The van der Waals surface area contributed by atoms with Crippen molar-refractivity contribution in [1.29, 1.82) is 0 Å². The molecule has 2 fully saturated rings. The largest absolute Gasteiger partial charge is 0.492 e. The summed E-state index contributed by atoms with van der Waals surface area (Å²) in [6.45, 7) is 9.29. The van der Waals surface area contributed by atoms with Crippen LogP contribution in [0.5, 0.6) is 5.75 Å². The van der Waals surface area contributed by atoms with Gasteiger partial charge in [0.15, 0.2) is 11.4 Å². The van der Waals surface area contributed by atoms with Crippen LogP contribution in [0, 0.1) is 13.8 Å². The highest BCUT2D eigenvalue weighted by molar-refractivity contribution is 7.15. The van der Waals surface area contributed by atoms with Crippen molar-refractivity contribution in [3.05, 3.63) is 81.1 Å². The number of carbonyl (C=O) groups excluding carboxylic acids is 2. The van der Waals surface area contributed by atoms with Crippen molar-refractivity contribution in [1.82, 2.24) is 30.5 Å². The lowest BCUT2D eigenvalue weighted by Crippen LogP contribution is -2.47. The van der Waals surface area contributed by atoms with Crippen LogP contribution in [0.2, 0.25) is 5.02 Å². The number of rotatable bonds is 15. The smallest absolute Gasteiger partial charge is 0.416 e. The quantitative estimate of drug-likeness (QED) is 0.0563. The third kappa shape index (κ3) is 10.6. The molecule has 294 valence electrons. The standard InChI is InChI=1S/C37H43ClF3N9O4S/c1-22-5-3-6-28(38)33(22)48-35(53)29-21-43-36(55-29)46-30-20-31(45-23(2)44-30)50-16-14-49(15-17-50)13-4-11-42-12-18-54-24-7-8-25(27(19-24)37(39,40)41)26-9-10-32(51)47-34(26)52/h3,5-8,19-21,26,35,42,48,53H,4,9-18H2,1-2H3,(H,47,51,52)(H,43,44,45,46). The lowest BCUT2D eigenvalue weighted by molar-refractivity contribution is -0.139. The Morgan fingerprint density at radius 1 is 1.09 bits per heavy atom. The van der Waals surface area contributed by atoms with E-state index in [0.29, 0.717) is 38.9 Å². The molecule has 0 aliphatic carbocycles. The molecule has 6 rings (SSSR count). The molecule has 4 aromatic rings. The minimum atomic E-state index is -4.68. The third-order valence-electron chi connectivity index (χ3n) is 9.37. The number of imide groups is 1. The molecule has 0 bridgehead atoms. The number of halogens is 4. The zero-order chi connectivity index (χ0) is 39.1. The Labute approximate surface area is 325 Å². The van der Waals surface area contributed by atoms with Crippen LogP contribution in [0.3, 0.4) is 0 Å². The first-order valence-electron chi connectivity index (χ1n) is 18.0. The summed E-state index contributed by atoms with van der Waals surface area (Å²) < 4.78 is 47.2. The predicted molar refractivity (Wildman–Crippen MR) is 205 cm³/mol. The molecule has 2 unspecified atom stereocenters. The van der Waals surface area contributed by atoms with Crippen LogP contribution in [0.1, 0.15) is 58.8 Å². The topological polar surface area (TPSA) is 157 Å². The van der Waals surface area contributed by atoms with E-state index in [9.17, 15) is 27.9 Å². The molecule has 0 radical (unpaired) electrons. The van der Waals surface area contributed by atoms with Crippen LogP contribution < -0.4 is 30.9 Å². The number of aryl methyl sites for hydroxylation is 2. The maximum atomic E-state index is 13.9. The highest BCUT2D eigenvalue weighted by atomic mass is 35.5. The third-order valence-corrected chi connectivity index (χ3v) is 10.7. The van der Waals surface area contributed by atoms with Crippen LogP contribution in [0.15, 0.2) is 48.7 Å². The number of aromatic nitrogens is 3. The summed E-state index contributed by atoms with van der Waals surface area (Å²) in [5.41, 5.74) is 0.498. The Hall–Kier alpha value is -4.55. The van der Waals surface area contributed by atoms with Gasteiger partial charge in [0.1, 0.15) is 29.8 Å².